The molecule has 1 amide bonds. The van der Waals surface area contributed by atoms with Crippen LogP contribution in [0.15, 0.2) is 70.9 Å². The molecule has 2 aromatic carbocycles. The van der Waals surface area contributed by atoms with Crippen LogP contribution in [-0.2, 0) is 9.59 Å². The molecule has 1 N–H and O–H groups in total. The predicted octanol–water partition coefficient (Wildman–Crippen LogP) is 4.71. The zero-order chi connectivity index (χ0) is 21.4. The molecule has 0 saturated carbocycles. The molecule has 1 unspecified atom stereocenters. The molecule has 3 aromatic rings. The van der Waals surface area contributed by atoms with Crippen molar-refractivity contribution in [3.63, 3.8) is 0 Å². The molecule has 0 radical (unpaired) electrons. The van der Waals surface area contributed by atoms with Crippen LogP contribution in [0.2, 0.25) is 5.02 Å². The number of amides is 1. The van der Waals surface area contributed by atoms with E-state index in [1.54, 1.807) is 18.2 Å². The predicted molar refractivity (Wildman–Crippen MR) is 108 cm³/mol. The number of ketones is 1. The number of aliphatic hydroxyl groups excluding tert-OH is 1. The lowest BCUT2D eigenvalue weighted by atomic mass is 9.99. The smallest absolute Gasteiger partial charge is 0.300 e. The van der Waals surface area contributed by atoms with Gasteiger partial charge in [-0.3, -0.25) is 14.5 Å². The fraction of sp³-hybridized carbons (Fsp3) is 0.0909. The number of rotatable bonds is 4. The second-order valence-electron chi connectivity index (χ2n) is 6.51. The largest absolute Gasteiger partial charge is 0.507 e. The first-order chi connectivity index (χ1) is 14.4. The van der Waals surface area contributed by atoms with E-state index in [0.717, 1.165) is 11.0 Å². The minimum Gasteiger partial charge on any atom is -0.507 e. The van der Waals surface area contributed by atoms with Gasteiger partial charge in [-0.2, -0.15) is 0 Å². The number of ether oxygens (including phenoxy) is 1. The van der Waals surface area contributed by atoms with Crippen molar-refractivity contribution in [2.45, 2.75) is 6.04 Å². The van der Waals surface area contributed by atoms with E-state index in [9.17, 15) is 19.1 Å². The number of Topliss-reactive ketones (excluding diaryl/α,β-unsaturated/α-hetero) is 1. The Balaban J connectivity index is 1.96. The van der Waals surface area contributed by atoms with Crippen molar-refractivity contribution in [2.75, 3.05) is 12.0 Å². The Kier molecular flexibility index (Phi) is 5.05. The first-order valence-corrected chi connectivity index (χ1v) is 9.24. The molecule has 1 aromatic heterocycles. The van der Waals surface area contributed by atoms with Gasteiger partial charge >= 0.3 is 0 Å². The monoisotopic (exact) mass is 427 g/mol. The SMILES string of the molecule is COc1ccc(Cl)c(/C(O)=C2/C(=O)C(=O)N(c3cccc(F)c3)C2c2ccco2)c1. The summed E-state index contributed by atoms with van der Waals surface area (Å²) in [5, 5.41) is 11.2. The number of halogens is 2. The highest BCUT2D eigenvalue weighted by Crippen LogP contribution is 2.43. The topological polar surface area (TPSA) is 80.0 Å². The van der Waals surface area contributed by atoms with Gasteiger partial charge in [0.1, 0.15) is 29.1 Å². The van der Waals surface area contributed by atoms with Gasteiger partial charge in [-0.05, 0) is 48.5 Å². The molecule has 1 aliphatic heterocycles. The molecule has 0 aliphatic carbocycles. The number of carbonyl (C=O) groups excluding carboxylic acids is 2. The van der Waals surface area contributed by atoms with E-state index in [4.69, 9.17) is 20.8 Å². The van der Waals surface area contributed by atoms with Crippen LogP contribution >= 0.6 is 11.6 Å². The average Bonchev–Trinajstić information content (AvgIpc) is 3.35. The van der Waals surface area contributed by atoms with E-state index in [0.29, 0.717) is 5.75 Å². The van der Waals surface area contributed by atoms with Crippen molar-refractivity contribution in [3.05, 3.63) is 88.6 Å². The van der Waals surface area contributed by atoms with E-state index in [-0.39, 0.29) is 27.6 Å². The second-order valence-corrected chi connectivity index (χ2v) is 6.92. The lowest BCUT2D eigenvalue weighted by Crippen LogP contribution is -2.29. The van der Waals surface area contributed by atoms with Gasteiger partial charge in [-0.1, -0.05) is 17.7 Å². The van der Waals surface area contributed by atoms with Crippen LogP contribution in [0.5, 0.6) is 5.75 Å². The Morgan fingerprint density at radius 2 is 1.97 bits per heavy atom. The molecule has 6 nitrogen and oxygen atoms in total. The number of aliphatic hydroxyl groups is 1. The maximum atomic E-state index is 13.8. The van der Waals surface area contributed by atoms with Gasteiger partial charge in [-0.25, -0.2) is 4.39 Å². The van der Waals surface area contributed by atoms with E-state index < -0.39 is 29.3 Å². The molecule has 1 atom stereocenters. The van der Waals surface area contributed by atoms with Crippen LogP contribution < -0.4 is 9.64 Å². The quantitative estimate of drug-likeness (QED) is 0.370. The van der Waals surface area contributed by atoms with Gasteiger partial charge in [-0.15, -0.1) is 0 Å². The first-order valence-electron chi connectivity index (χ1n) is 8.86. The maximum Gasteiger partial charge on any atom is 0.300 e. The Hall–Kier alpha value is -3.58. The molecular weight excluding hydrogens is 413 g/mol. The molecule has 1 aliphatic rings. The highest BCUT2D eigenvalue weighted by molar-refractivity contribution is 6.51. The zero-order valence-corrected chi connectivity index (χ0v) is 16.4. The number of hydrogen-bond acceptors (Lipinski definition) is 5. The Labute approximate surface area is 175 Å². The van der Waals surface area contributed by atoms with Crippen molar-refractivity contribution in [3.8, 4) is 5.75 Å². The normalized spacial score (nSPS) is 18.1. The first kappa shape index (κ1) is 19.7. The molecule has 152 valence electrons. The van der Waals surface area contributed by atoms with Gasteiger partial charge in [0.25, 0.3) is 11.7 Å². The summed E-state index contributed by atoms with van der Waals surface area (Å²) in [6.45, 7) is 0. The Morgan fingerprint density at radius 1 is 1.17 bits per heavy atom. The molecule has 4 rings (SSSR count). The second kappa shape index (κ2) is 7.68. The average molecular weight is 428 g/mol. The van der Waals surface area contributed by atoms with E-state index in [1.165, 1.54) is 43.7 Å². The standard InChI is InChI=1S/C22H15ClFNO5/c1-29-14-7-8-16(23)15(11-14)20(26)18-19(17-6-3-9-30-17)25(22(28)21(18)27)13-5-2-4-12(24)10-13/h2-11,19,26H,1H3/b20-18-. The number of methoxy groups -OCH3 is 1. The summed E-state index contributed by atoms with van der Waals surface area (Å²) >= 11 is 6.22. The number of nitrogens with zero attached hydrogens (tertiary/aromatic N) is 1. The number of furan rings is 1. The molecule has 2 heterocycles. The fourth-order valence-electron chi connectivity index (χ4n) is 3.40. The number of hydrogen-bond donors (Lipinski definition) is 1. The van der Waals surface area contributed by atoms with Crippen LogP contribution in [0.25, 0.3) is 5.76 Å². The lowest BCUT2D eigenvalue weighted by Gasteiger charge is -2.23. The van der Waals surface area contributed by atoms with Gasteiger partial charge in [0, 0.05) is 11.3 Å². The molecule has 0 spiro atoms. The molecule has 30 heavy (non-hydrogen) atoms. The van der Waals surface area contributed by atoms with Crippen LogP contribution in [0.1, 0.15) is 17.4 Å². The molecule has 1 fully saturated rings. The van der Waals surface area contributed by atoms with Crippen LogP contribution in [0.3, 0.4) is 0 Å². The summed E-state index contributed by atoms with van der Waals surface area (Å²) in [4.78, 5) is 26.9. The van der Waals surface area contributed by atoms with Gasteiger partial charge in [0.05, 0.1) is 24.0 Å². The summed E-state index contributed by atoms with van der Waals surface area (Å²) in [5.74, 6) is -2.32. The highest BCUT2D eigenvalue weighted by atomic mass is 35.5. The van der Waals surface area contributed by atoms with Crippen LogP contribution in [0.4, 0.5) is 10.1 Å². The van der Waals surface area contributed by atoms with Gasteiger partial charge < -0.3 is 14.3 Å². The molecule has 1 saturated heterocycles. The van der Waals surface area contributed by atoms with E-state index in [2.05, 4.69) is 0 Å². The summed E-state index contributed by atoms with van der Waals surface area (Å²) in [5.41, 5.74) is 0.0356. The third-order valence-corrected chi connectivity index (χ3v) is 5.10. The molecule has 0 bridgehead atoms. The lowest BCUT2D eigenvalue weighted by molar-refractivity contribution is -0.132. The van der Waals surface area contributed by atoms with Crippen molar-refractivity contribution >= 4 is 34.7 Å². The third kappa shape index (κ3) is 3.23. The van der Waals surface area contributed by atoms with Crippen molar-refractivity contribution in [1.82, 2.24) is 0 Å². The highest BCUT2D eigenvalue weighted by Gasteiger charge is 2.48. The fourth-order valence-corrected chi connectivity index (χ4v) is 3.61. The number of anilines is 1. The Bertz CT molecular complexity index is 1170. The van der Waals surface area contributed by atoms with E-state index in [1.807, 2.05) is 0 Å². The zero-order valence-electron chi connectivity index (χ0n) is 15.6. The molecule has 8 heteroatoms. The van der Waals surface area contributed by atoms with E-state index >= 15 is 0 Å². The van der Waals surface area contributed by atoms with Gasteiger partial charge in [0.2, 0.25) is 0 Å². The molecular formula is C22H15ClFNO5. The van der Waals surface area contributed by atoms with Gasteiger partial charge in [0.15, 0.2) is 0 Å². The van der Waals surface area contributed by atoms with Crippen LogP contribution in [-0.4, -0.2) is 23.9 Å². The van der Waals surface area contributed by atoms with Crippen LogP contribution in [0, 0.1) is 5.82 Å². The van der Waals surface area contributed by atoms with Crippen molar-refractivity contribution in [1.29, 1.82) is 0 Å². The van der Waals surface area contributed by atoms with Crippen molar-refractivity contribution in [2.24, 2.45) is 0 Å². The summed E-state index contributed by atoms with van der Waals surface area (Å²) in [7, 11) is 1.44. The Morgan fingerprint density at radius 3 is 2.63 bits per heavy atom. The maximum absolute atomic E-state index is 13.8. The number of benzene rings is 2. The summed E-state index contributed by atoms with van der Waals surface area (Å²) in [6.07, 6.45) is 1.37. The summed E-state index contributed by atoms with van der Waals surface area (Å²) < 4.78 is 24.4. The third-order valence-electron chi connectivity index (χ3n) is 4.77. The minimum atomic E-state index is -1.11. The minimum absolute atomic E-state index is 0.116. The van der Waals surface area contributed by atoms with Crippen molar-refractivity contribution < 1.29 is 28.2 Å². The summed E-state index contributed by atoms with van der Waals surface area (Å²) in [6, 6.07) is 11.8. The number of carbonyl (C=O) groups is 2.